The molecule has 1 aromatic heterocycles. The van der Waals surface area contributed by atoms with Crippen LogP contribution in [0, 0.1) is 6.92 Å². The zero-order chi connectivity index (χ0) is 9.10. The Kier molecular flexibility index (Phi) is 2.23. The molecule has 1 aromatic carbocycles. The lowest BCUT2D eigenvalue weighted by Gasteiger charge is -2.04. The van der Waals surface area contributed by atoms with Crippen molar-refractivity contribution in [1.82, 2.24) is 10.2 Å². The van der Waals surface area contributed by atoms with Gasteiger partial charge in [-0.2, -0.15) is 0 Å². The molecule has 66 valence electrons. The molecule has 0 bridgehead atoms. The molecule has 0 saturated heterocycles. The van der Waals surface area contributed by atoms with E-state index >= 15 is 0 Å². The number of nitrogens with zero attached hydrogens (tertiary/aromatic N) is 2. The van der Waals surface area contributed by atoms with Crippen molar-refractivity contribution in [1.29, 1.82) is 0 Å². The summed E-state index contributed by atoms with van der Waals surface area (Å²) in [5, 5.41) is 11.7. The third kappa shape index (κ3) is 1.84. The van der Waals surface area contributed by atoms with Crippen LogP contribution in [0.3, 0.4) is 0 Å². The molecular formula is C9H9N3S. The maximum atomic E-state index is 3.91. The van der Waals surface area contributed by atoms with Crippen molar-refractivity contribution in [2.45, 2.75) is 6.92 Å². The minimum absolute atomic E-state index is 0.828. The van der Waals surface area contributed by atoms with Crippen molar-refractivity contribution in [3.8, 4) is 0 Å². The fourth-order valence-electron chi connectivity index (χ4n) is 1.06. The molecule has 0 atom stereocenters. The van der Waals surface area contributed by atoms with E-state index in [9.17, 15) is 0 Å². The second-order valence-corrected chi connectivity index (χ2v) is 3.52. The van der Waals surface area contributed by atoms with Gasteiger partial charge in [-0.05, 0) is 18.6 Å². The highest BCUT2D eigenvalue weighted by atomic mass is 32.1. The van der Waals surface area contributed by atoms with E-state index in [1.165, 1.54) is 16.9 Å². The van der Waals surface area contributed by atoms with Gasteiger partial charge in [0.15, 0.2) is 0 Å². The summed E-state index contributed by atoms with van der Waals surface area (Å²) in [5.74, 6) is 0. The highest BCUT2D eigenvalue weighted by molar-refractivity contribution is 7.13. The summed E-state index contributed by atoms with van der Waals surface area (Å²) in [6.07, 6.45) is 0. The molecule has 0 unspecified atom stereocenters. The Bertz CT molecular complexity index is 384. The van der Waals surface area contributed by atoms with E-state index in [2.05, 4.69) is 28.5 Å². The van der Waals surface area contributed by atoms with Crippen molar-refractivity contribution in [3.63, 3.8) is 0 Å². The zero-order valence-corrected chi connectivity index (χ0v) is 8.01. The standard InChI is InChI=1S/C9H9N3S/c1-7-4-2-3-5-8(7)11-9-12-10-6-13-9/h2-6H,1H3,(H,11,12). The van der Waals surface area contributed by atoms with Crippen LogP contribution in [0.4, 0.5) is 10.8 Å². The molecule has 0 aliphatic rings. The fraction of sp³-hybridized carbons (Fsp3) is 0.111. The van der Waals surface area contributed by atoms with Crippen LogP contribution in [0.15, 0.2) is 29.8 Å². The van der Waals surface area contributed by atoms with Crippen molar-refractivity contribution < 1.29 is 0 Å². The highest BCUT2D eigenvalue weighted by Gasteiger charge is 1.98. The smallest absolute Gasteiger partial charge is 0.209 e. The van der Waals surface area contributed by atoms with Gasteiger partial charge in [-0.25, -0.2) is 0 Å². The summed E-state index contributed by atoms with van der Waals surface area (Å²) in [6, 6.07) is 8.09. The summed E-state index contributed by atoms with van der Waals surface area (Å²) in [4.78, 5) is 0. The van der Waals surface area contributed by atoms with Crippen molar-refractivity contribution in [2.24, 2.45) is 0 Å². The van der Waals surface area contributed by atoms with Gasteiger partial charge in [0, 0.05) is 5.69 Å². The minimum atomic E-state index is 0.828. The number of benzene rings is 1. The molecule has 3 nitrogen and oxygen atoms in total. The van der Waals surface area contributed by atoms with E-state index in [0.29, 0.717) is 0 Å². The van der Waals surface area contributed by atoms with Gasteiger partial charge in [-0.1, -0.05) is 29.5 Å². The van der Waals surface area contributed by atoms with E-state index in [1.807, 2.05) is 18.2 Å². The Morgan fingerprint density at radius 1 is 1.31 bits per heavy atom. The lowest BCUT2D eigenvalue weighted by molar-refractivity contribution is 1.09. The van der Waals surface area contributed by atoms with Gasteiger partial charge >= 0.3 is 0 Å². The second-order valence-electron chi connectivity index (χ2n) is 2.68. The molecule has 0 aliphatic heterocycles. The molecule has 1 N–H and O–H groups in total. The first-order valence-corrected chi connectivity index (χ1v) is 4.83. The van der Waals surface area contributed by atoms with Crippen LogP contribution < -0.4 is 5.32 Å². The van der Waals surface area contributed by atoms with Crippen LogP contribution in [-0.4, -0.2) is 10.2 Å². The first-order valence-electron chi connectivity index (χ1n) is 3.95. The number of nitrogens with one attached hydrogen (secondary N) is 1. The molecule has 4 heteroatoms. The number of aryl methyl sites for hydroxylation is 1. The maximum Gasteiger partial charge on any atom is 0.209 e. The maximum absolute atomic E-state index is 3.91. The highest BCUT2D eigenvalue weighted by Crippen LogP contribution is 2.20. The van der Waals surface area contributed by atoms with Gasteiger partial charge in [-0.15, -0.1) is 10.2 Å². The Hall–Kier alpha value is -1.42. The van der Waals surface area contributed by atoms with Crippen LogP contribution in [0.25, 0.3) is 0 Å². The summed E-state index contributed by atoms with van der Waals surface area (Å²) in [7, 11) is 0. The van der Waals surface area contributed by atoms with Gasteiger partial charge in [-0.3, -0.25) is 0 Å². The van der Waals surface area contributed by atoms with E-state index in [0.717, 1.165) is 10.8 Å². The Morgan fingerprint density at radius 3 is 2.85 bits per heavy atom. The summed E-state index contributed by atoms with van der Waals surface area (Å²) in [6.45, 7) is 2.06. The van der Waals surface area contributed by atoms with E-state index in [1.54, 1.807) is 5.51 Å². The molecule has 0 radical (unpaired) electrons. The molecule has 0 saturated carbocycles. The Balaban J connectivity index is 2.24. The van der Waals surface area contributed by atoms with Gasteiger partial charge < -0.3 is 5.32 Å². The molecule has 0 aliphatic carbocycles. The molecule has 0 fully saturated rings. The van der Waals surface area contributed by atoms with Crippen LogP contribution in [0.1, 0.15) is 5.56 Å². The monoisotopic (exact) mass is 191 g/mol. The van der Waals surface area contributed by atoms with Crippen molar-refractivity contribution >= 4 is 22.2 Å². The fourth-order valence-corrected chi connectivity index (χ4v) is 1.51. The van der Waals surface area contributed by atoms with Crippen LogP contribution in [0.5, 0.6) is 0 Å². The second kappa shape index (κ2) is 3.53. The first kappa shape index (κ1) is 8.19. The molecule has 13 heavy (non-hydrogen) atoms. The van der Waals surface area contributed by atoms with Gasteiger partial charge in [0.25, 0.3) is 0 Å². The van der Waals surface area contributed by atoms with E-state index in [-0.39, 0.29) is 0 Å². The normalized spacial score (nSPS) is 9.92. The van der Waals surface area contributed by atoms with Crippen molar-refractivity contribution in [3.05, 3.63) is 35.3 Å². The summed E-state index contributed by atoms with van der Waals surface area (Å²) in [5.41, 5.74) is 4.00. The number of para-hydroxylation sites is 1. The Morgan fingerprint density at radius 2 is 2.15 bits per heavy atom. The van der Waals surface area contributed by atoms with E-state index in [4.69, 9.17) is 0 Å². The molecule has 2 rings (SSSR count). The third-order valence-corrected chi connectivity index (χ3v) is 2.35. The summed E-state index contributed by atoms with van der Waals surface area (Å²) >= 11 is 1.49. The number of anilines is 2. The molecule has 1 heterocycles. The van der Waals surface area contributed by atoms with E-state index < -0.39 is 0 Å². The van der Waals surface area contributed by atoms with Gasteiger partial charge in [0.1, 0.15) is 5.51 Å². The first-order chi connectivity index (χ1) is 6.36. The predicted octanol–water partition coefficient (Wildman–Crippen LogP) is 2.59. The number of hydrogen-bond donors (Lipinski definition) is 1. The average Bonchev–Trinajstić information content (AvgIpc) is 2.61. The quantitative estimate of drug-likeness (QED) is 0.792. The van der Waals surface area contributed by atoms with Crippen LogP contribution in [0.2, 0.25) is 0 Å². The number of hydrogen-bond acceptors (Lipinski definition) is 4. The predicted molar refractivity (Wildman–Crippen MR) is 54.4 cm³/mol. The summed E-state index contributed by atoms with van der Waals surface area (Å²) < 4.78 is 0. The SMILES string of the molecule is Cc1ccccc1Nc1nncs1. The number of aromatic nitrogens is 2. The number of rotatable bonds is 2. The zero-order valence-electron chi connectivity index (χ0n) is 7.19. The lowest BCUT2D eigenvalue weighted by Crippen LogP contribution is -1.91. The van der Waals surface area contributed by atoms with Crippen LogP contribution >= 0.6 is 11.3 Å². The molecule has 0 amide bonds. The molecular weight excluding hydrogens is 182 g/mol. The van der Waals surface area contributed by atoms with Gasteiger partial charge in [0.05, 0.1) is 0 Å². The third-order valence-electron chi connectivity index (χ3n) is 1.75. The van der Waals surface area contributed by atoms with Crippen molar-refractivity contribution in [2.75, 3.05) is 5.32 Å². The largest absolute Gasteiger partial charge is 0.330 e. The average molecular weight is 191 g/mol. The minimum Gasteiger partial charge on any atom is -0.330 e. The lowest BCUT2D eigenvalue weighted by atomic mass is 10.2. The van der Waals surface area contributed by atoms with Crippen LogP contribution in [-0.2, 0) is 0 Å². The molecule has 2 aromatic rings. The Labute approximate surface area is 80.5 Å². The van der Waals surface area contributed by atoms with Gasteiger partial charge in [0.2, 0.25) is 5.13 Å². The molecule has 0 spiro atoms. The topological polar surface area (TPSA) is 37.8 Å².